The zero-order valence-electron chi connectivity index (χ0n) is 16.6. The Morgan fingerprint density at radius 1 is 1.19 bits per heavy atom. The lowest BCUT2D eigenvalue weighted by molar-refractivity contribution is -0.150. The van der Waals surface area contributed by atoms with E-state index < -0.39 is 12.0 Å². The van der Waals surface area contributed by atoms with Crippen molar-refractivity contribution in [2.45, 2.75) is 24.3 Å². The molecule has 4 rings (SSSR count). The first-order chi connectivity index (χ1) is 15.0. The van der Waals surface area contributed by atoms with Crippen LogP contribution in [0.2, 0.25) is 0 Å². The third kappa shape index (κ3) is 4.77. The molecule has 2 amide bonds. The van der Waals surface area contributed by atoms with Crippen LogP contribution in [0.1, 0.15) is 11.1 Å². The van der Waals surface area contributed by atoms with Gasteiger partial charge in [0.25, 0.3) is 5.91 Å². The van der Waals surface area contributed by atoms with Crippen LogP contribution in [0.3, 0.4) is 0 Å². The number of aliphatic carboxylic acids is 1. The van der Waals surface area contributed by atoms with Crippen LogP contribution in [-0.4, -0.2) is 55.7 Å². The van der Waals surface area contributed by atoms with E-state index in [0.29, 0.717) is 16.4 Å². The monoisotopic (exact) mass is 455 g/mol. The Morgan fingerprint density at radius 2 is 1.97 bits per heavy atom. The van der Waals surface area contributed by atoms with E-state index in [1.807, 2.05) is 42.5 Å². The summed E-state index contributed by atoms with van der Waals surface area (Å²) in [6.07, 6.45) is 4.44. The van der Waals surface area contributed by atoms with E-state index >= 15 is 0 Å². The molecule has 0 aliphatic carbocycles. The molecule has 0 radical (unpaired) electrons. The molecule has 7 nitrogen and oxygen atoms in total. The first-order valence-electron chi connectivity index (χ1n) is 9.80. The molecule has 2 aliphatic heterocycles. The minimum atomic E-state index is -1.11. The summed E-state index contributed by atoms with van der Waals surface area (Å²) in [6, 6.07) is 12.4. The van der Waals surface area contributed by atoms with E-state index in [1.165, 1.54) is 28.4 Å². The summed E-state index contributed by atoms with van der Waals surface area (Å²) in [5, 5.41) is 12.1. The molecule has 1 fully saturated rings. The zero-order chi connectivity index (χ0) is 21.8. The second kappa shape index (κ2) is 9.57. The normalized spacial score (nSPS) is 20.1. The molecule has 0 spiro atoms. The van der Waals surface area contributed by atoms with E-state index in [-0.39, 0.29) is 29.3 Å². The highest BCUT2D eigenvalue weighted by molar-refractivity contribution is 8.06. The molecule has 9 heteroatoms. The number of amides is 2. The lowest BCUT2D eigenvalue weighted by atomic mass is 10.0. The van der Waals surface area contributed by atoms with E-state index in [9.17, 15) is 19.5 Å². The quantitative estimate of drug-likeness (QED) is 0.589. The van der Waals surface area contributed by atoms with Crippen molar-refractivity contribution >= 4 is 41.3 Å². The molecule has 2 atom stereocenters. The smallest absolute Gasteiger partial charge is 0.353 e. The van der Waals surface area contributed by atoms with Gasteiger partial charge in [0.05, 0.1) is 6.42 Å². The van der Waals surface area contributed by atoms with Crippen LogP contribution in [0.4, 0.5) is 0 Å². The van der Waals surface area contributed by atoms with Crippen molar-refractivity contribution in [2.24, 2.45) is 0 Å². The Bertz CT molecular complexity index is 1010. The van der Waals surface area contributed by atoms with Gasteiger partial charge >= 0.3 is 5.97 Å². The van der Waals surface area contributed by atoms with Crippen molar-refractivity contribution < 1.29 is 19.5 Å². The van der Waals surface area contributed by atoms with Gasteiger partial charge < -0.3 is 10.4 Å². The first kappa shape index (κ1) is 21.5. The summed E-state index contributed by atoms with van der Waals surface area (Å²) in [6.45, 7) is 0. The molecule has 2 N–H and O–H groups in total. The average Bonchev–Trinajstić information content (AvgIpc) is 2.78. The topological polar surface area (TPSA) is 99.6 Å². The second-order valence-corrected chi connectivity index (χ2v) is 9.45. The van der Waals surface area contributed by atoms with Crippen LogP contribution in [-0.2, 0) is 27.2 Å². The van der Waals surface area contributed by atoms with Crippen LogP contribution < -0.4 is 5.32 Å². The standard InChI is InChI=1S/C22H21N3O4S2/c26-17(11-14-5-2-1-3-6-14)24-18-20(27)25-19(22(28)29)16(13-31-21(18)25)30-10-8-15-7-4-9-23-12-15/h1-7,9,12,18,21H,8,10-11,13H2,(H,24,26)(H,28,29)/t18-,21-/m1/s1. The number of carbonyl (C=O) groups is 3. The first-order valence-corrected chi connectivity index (χ1v) is 11.8. The number of benzene rings is 1. The van der Waals surface area contributed by atoms with Gasteiger partial charge in [0.15, 0.2) is 0 Å². The number of β-lactam (4-membered cyclic amide) rings is 1. The number of hydrogen-bond donors (Lipinski definition) is 2. The second-order valence-electron chi connectivity index (χ2n) is 7.15. The summed E-state index contributed by atoms with van der Waals surface area (Å²) in [7, 11) is 0. The highest BCUT2D eigenvalue weighted by Crippen LogP contribution is 2.43. The van der Waals surface area contributed by atoms with Gasteiger partial charge in [-0.1, -0.05) is 36.4 Å². The number of carboxylic acids is 1. The number of pyridine rings is 1. The van der Waals surface area contributed by atoms with Gasteiger partial charge in [-0.15, -0.1) is 23.5 Å². The van der Waals surface area contributed by atoms with Gasteiger partial charge in [-0.05, 0) is 23.6 Å². The van der Waals surface area contributed by atoms with E-state index in [1.54, 1.807) is 12.4 Å². The molecular weight excluding hydrogens is 434 g/mol. The third-order valence-corrected chi connectivity index (χ3v) is 7.61. The Labute approximate surface area is 188 Å². The number of carbonyl (C=O) groups excluding carboxylic acids is 2. The molecule has 0 bridgehead atoms. The fourth-order valence-electron chi connectivity index (χ4n) is 3.55. The lowest BCUT2D eigenvalue weighted by Gasteiger charge is -2.49. The Morgan fingerprint density at radius 3 is 2.68 bits per heavy atom. The number of carboxylic acid groups (broad SMARTS) is 1. The van der Waals surface area contributed by atoms with Gasteiger partial charge in [0.2, 0.25) is 5.91 Å². The number of hydrogen-bond acceptors (Lipinski definition) is 6. The van der Waals surface area contributed by atoms with E-state index in [2.05, 4.69) is 10.3 Å². The van der Waals surface area contributed by atoms with Crippen LogP contribution in [0.5, 0.6) is 0 Å². The minimum absolute atomic E-state index is 0.0403. The van der Waals surface area contributed by atoms with E-state index in [0.717, 1.165) is 17.5 Å². The predicted octanol–water partition coefficient (Wildman–Crippen LogP) is 2.30. The van der Waals surface area contributed by atoms with Crippen LogP contribution in [0.25, 0.3) is 0 Å². The van der Waals surface area contributed by atoms with Crippen molar-refractivity contribution in [3.05, 3.63) is 76.6 Å². The molecular formula is C22H21N3O4S2. The van der Waals surface area contributed by atoms with Crippen LogP contribution >= 0.6 is 23.5 Å². The molecule has 1 saturated heterocycles. The Kier molecular flexibility index (Phi) is 6.62. The number of fused-ring (bicyclic) bond motifs is 1. The number of nitrogens with zero attached hydrogens (tertiary/aromatic N) is 2. The molecule has 0 unspecified atom stereocenters. The maximum absolute atomic E-state index is 12.7. The SMILES string of the molecule is O=C(Cc1ccccc1)N[C@@H]1C(=O)N2C(C(=O)O)=C(SCCc3cccnc3)CS[C@H]12. The van der Waals surface area contributed by atoms with Gasteiger partial charge in [-0.2, -0.15) is 0 Å². The van der Waals surface area contributed by atoms with Crippen LogP contribution in [0, 0.1) is 0 Å². The summed E-state index contributed by atoms with van der Waals surface area (Å²) in [4.78, 5) is 43.1. The molecule has 2 aromatic rings. The van der Waals surface area contributed by atoms with Gasteiger partial charge in [-0.25, -0.2) is 4.79 Å². The molecule has 2 aliphatic rings. The number of aromatic nitrogens is 1. The highest BCUT2D eigenvalue weighted by Gasteiger charge is 2.54. The molecule has 1 aromatic carbocycles. The number of thioether (sulfide) groups is 2. The van der Waals surface area contributed by atoms with E-state index in [4.69, 9.17) is 0 Å². The molecule has 0 saturated carbocycles. The fraction of sp³-hybridized carbons (Fsp3) is 0.273. The van der Waals surface area contributed by atoms with Crippen molar-refractivity contribution in [1.82, 2.24) is 15.2 Å². The molecule has 160 valence electrons. The Balaban J connectivity index is 1.39. The highest BCUT2D eigenvalue weighted by atomic mass is 32.2. The minimum Gasteiger partial charge on any atom is -0.477 e. The van der Waals surface area contributed by atoms with Gasteiger partial charge in [0.1, 0.15) is 17.1 Å². The van der Waals surface area contributed by atoms with Crippen molar-refractivity contribution in [1.29, 1.82) is 0 Å². The van der Waals surface area contributed by atoms with Gasteiger partial charge in [-0.3, -0.25) is 19.5 Å². The third-order valence-electron chi connectivity index (χ3n) is 5.05. The maximum Gasteiger partial charge on any atom is 0.353 e. The van der Waals surface area contributed by atoms with Crippen molar-refractivity contribution in [2.75, 3.05) is 11.5 Å². The fourth-order valence-corrected chi connectivity index (χ4v) is 6.18. The maximum atomic E-state index is 12.7. The summed E-state index contributed by atoms with van der Waals surface area (Å²) in [5.41, 5.74) is 1.98. The van der Waals surface area contributed by atoms with Crippen molar-refractivity contribution in [3.8, 4) is 0 Å². The summed E-state index contributed by atoms with van der Waals surface area (Å²) < 4.78 is 0. The van der Waals surface area contributed by atoms with Gasteiger partial charge in [0, 0.05) is 28.8 Å². The molecule has 3 heterocycles. The largest absolute Gasteiger partial charge is 0.477 e. The lowest BCUT2D eigenvalue weighted by Crippen LogP contribution is -2.70. The summed E-state index contributed by atoms with van der Waals surface area (Å²) in [5.74, 6) is -0.540. The molecule has 31 heavy (non-hydrogen) atoms. The molecule has 1 aromatic heterocycles. The predicted molar refractivity (Wildman–Crippen MR) is 120 cm³/mol. The van der Waals surface area contributed by atoms with Crippen molar-refractivity contribution in [3.63, 3.8) is 0 Å². The number of nitrogens with one attached hydrogen (secondary N) is 1. The zero-order valence-corrected chi connectivity index (χ0v) is 18.2. The van der Waals surface area contributed by atoms with Crippen LogP contribution in [0.15, 0.2) is 65.5 Å². The Hall–Kier alpha value is -2.78. The number of aryl methyl sites for hydroxylation is 1. The number of rotatable bonds is 8. The average molecular weight is 456 g/mol. The summed E-state index contributed by atoms with van der Waals surface area (Å²) >= 11 is 2.94.